The summed E-state index contributed by atoms with van der Waals surface area (Å²) in [7, 11) is 0. The first-order valence-corrected chi connectivity index (χ1v) is 9.78. The van der Waals surface area contributed by atoms with Gasteiger partial charge in [0, 0.05) is 15.8 Å². The highest BCUT2D eigenvalue weighted by Crippen LogP contribution is 2.29. The summed E-state index contributed by atoms with van der Waals surface area (Å²) < 4.78 is 0.967. The zero-order valence-electron chi connectivity index (χ0n) is 14.4. The van der Waals surface area contributed by atoms with E-state index < -0.39 is 5.97 Å². The van der Waals surface area contributed by atoms with E-state index in [4.69, 9.17) is 0 Å². The third kappa shape index (κ3) is 4.31. The SMILES string of the molecule is Cc1cccc(CSc2nc(-c3ccc(Br)cc3)nc(C)c2C(=O)O)c1. The Kier molecular flexibility index (Phi) is 5.74. The maximum atomic E-state index is 11.7. The largest absolute Gasteiger partial charge is 0.478 e. The van der Waals surface area contributed by atoms with Crippen molar-refractivity contribution in [1.82, 2.24) is 9.97 Å². The lowest BCUT2D eigenvalue weighted by molar-refractivity contribution is 0.0690. The molecule has 6 heteroatoms. The maximum Gasteiger partial charge on any atom is 0.340 e. The van der Waals surface area contributed by atoms with Crippen molar-refractivity contribution in [3.8, 4) is 11.4 Å². The summed E-state index contributed by atoms with van der Waals surface area (Å²) in [6, 6.07) is 15.8. The van der Waals surface area contributed by atoms with Crippen LogP contribution in [0.3, 0.4) is 0 Å². The van der Waals surface area contributed by atoms with Gasteiger partial charge in [0.2, 0.25) is 0 Å². The van der Waals surface area contributed by atoms with E-state index >= 15 is 0 Å². The Morgan fingerprint density at radius 3 is 2.50 bits per heavy atom. The third-order valence-corrected chi connectivity index (χ3v) is 5.41. The first-order chi connectivity index (χ1) is 12.4. The van der Waals surface area contributed by atoms with E-state index in [0.29, 0.717) is 22.3 Å². The molecule has 0 spiro atoms. The van der Waals surface area contributed by atoms with Gasteiger partial charge in [0.05, 0.1) is 5.69 Å². The zero-order valence-corrected chi connectivity index (χ0v) is 16.8. The fourth-order valence-corrected chi connectivity index (χ4v) is 3.86. The smallest absolute Gasteiger partial charge is 0.340 e. The van der Waals surface area contributed by atoms with E-state index in [2.05, 4.69) is 32.0 Å². The standard InChI is InChI=1S/C20H17BrN2O2S/c1-12-4-3-5-14(10-12)11-26-19-17(20(24)25)13(2)22-18(23-19)15-6-8-16(21)9-7-15/h3-10H,11H2,1-2H3,(H,24,25). The second-order valence-electron chi connectivity index (χ2n) is 5.90. The molecule has 0 aliphatic carbocycles. The number of aromatic nitrogens is 2. The number of hydrogen-bond donors (Lipinski definition) is 1. The molecule has 0 aliphatic heterocycles. The molecule has 0 fully saturated rings. The number of hydrogen-bond acceptors (Lipinski definition) is 4. The van der Waals surface area contributed by atoms with Crippen molar-refractivity contribution in [2.75, 3.05) is 0 Å². The lowest BCUT2D eigenvalue weighted by Crippen LogP contribution is -2.08. The average molecular weight is 429 g/mol. The van der Waals surface area contributed by atoms with Crippen molar-refractivity contribution in [2.45, 2.75) is 24.6 Å². The molecule has 0 saturated heterocycles. The minimum absolute atomic E-state index is 0.170. The molecule has 1 aromatic heterocycles. The zero-order chi connectivity index (χ0) is 18.7. The predicted octanol–water partition coefficient (Wildman–Crippen LogP) is 5.51. The Morgan fingerprint density at radius 1 is 1.12 bits per heavy atom. The van der Waals surface area contributed by atoms with E-state index in [1.165, 1.54) is 17.3 Å². The molecule has 0 aliphatic rings. The molecule has 0 atom stereocenters. The topological polar surface area (TPSA) is 63.1 Å². The van der Waals surface area contributed by atoms with Gasteiger partial charge in [-0.3, -0.25) is 0 Å². The first kappa shape index (κ1) is 18.6. The number of thioether (sulfide) groups is 1. The Morgan fingerprint density at radius 2 is 1.85 bits per heavy atom. The molecule has 4 nitrogen and oxygen atoms in total. The van der Waals surface area contributed by atoms with Crippen LogP contribution in [0.2, 0.25) is 0 Å². The summed E-state index contributed by atoms with van der Waals surface area (Å²) >= 11 is 4.83. The molecule has 0 radical (unpaired) electrons. The molecule has 0 saturated carbocycles. The number of carboxylic acid groups (broad SMARTS) is 1. The van der Waals surface area contributed by atoms with Crippen molar-refractivity contribution in [1.29, 1.82) is 0 Å². The molecule has 0 amide bonds. The minimum Gasteiger partial charge on any atom is -0.478 e. The Balaban J connectivity index is 1.98. The number of nitrogens with zero attached hydrogens (tertiary/aromatic N) is 2. The molecular formula is C20H17BrN2O2S. The monoisotopic (exact) mass is 428 g/mol. The number of benzene rings is 2. The van der Waals surface area contributed by atoms with Gasteiger partial charge in [-0.2, -0.15) is 0 Å². The number of carbonyl (C=O) groups is 1. The van der Waals surface area contributed by atoms with Crippen molar-refractivity contribution >= 4 is 33.7 Å². The molecular weight excluding hydrogens is 412 g/mol. The highest BCUT2D eigenvalue weighted by atomic mass is 79.9. The number of rotatable bonds is 5. The Bertz CT molecular complexity index is 959. The van der Waals surface area contributed by atoms with Crippen LogP contribution in [0.25, 0.3) is 11.4 Å². The quantitative estimate of drug-likeness (QED) is 0.428. The Labute approximate surface area is 164 Å². The Hall–Kier alpha value is -2.18. The summed E-state index contributed by atoms with van der Waals surface area (Å²) in [6.45, 7) is 3.75. The van der Waals surface area contributed by atoms with Gasteiger partial charge in [0.1, 0.15) is 10.6 Å². The predicted molar refractivity (Wildman–Crippen MR) is 108 cm³/mol. The molecule has 1 N–H and O–H groups in total. The van der Waals surface area contributed by atoms with Crippen molar-refractivity contribution in [2.24, 2.45) is 0 Å². The van der Waals surface area contributed by atoms with Crippen LogP contribution in [0.5, 0.6) is 0 Å². The molecule has 0 bridgehead atoms. The van der Waals surface area contributed by atoms with Crippen LogP contribution in [0, 0.1) is 13.8 Å². The molecule has 3 rings (SSSR count). The number of carboxylic acids is 1. The number of aromatic carboxylic acids is 1. The van der Waals surface area contributed by atoms with E-state index in [-0.39, 0.29) is 5.56 Å². The van der Waals surface area contributed by atoms with E-state index in [0.717, 1.165) is 15.6 Å². The lowest BCUT2D eigenvalue weighted by Gasteiger charge is -2.11. The molecule has 132 valence electrons. The van der Waals surface area contributed by atoms with Crippen LogP contribution in [-0.4, -0.2) is 21.0 Å². The van der Waals surface area contributed by atoms with Gasteiger partial charge >= 0.3 is 5.97 Å². The van der Waals surface area contributed by atoms with Crippen molar-refractivity contribution in [3.63, 3.8) is 0 Å². The van der Waals surface area contributed by atoms with Crippen molar-refractivity contribution in [3.05, 3.63) is 75.4 Å². The second-order valence-corrected chi connectivity index (χ2v) is 7.78. The molecule has 3 aromatic rings. The van der Waals surface area contributed by atoms with Gasteiger partial charge in [0.25, 0.3) is 0 Å². The summed E-state index contributed by atoms with van der Waals surface area (Å²) in [5.74, 6) is 0.182. The molecule has 2 aromatic carbocycles. The number of aryl methyl sites for hydroxylation is 2. The van der Waals surface area contributed by atoms with Crippen LogP contribution in [-0.2, 0) is 5.75 Å². The van der Waals surface area contributed by atoms with Gasteiger partial charge in [-0.15, -0.1) is 11.8 Å². The normalized spacial score (nSPS) is 10.7. The van der Waals surface area contributed by atoms with E-state index in [9.17, 15) is 9.90 Å². The molecule has 26 heavy (non-hydrogen) atoms. The molecule has 0 unspecified atom stereocenters. The highest BCUT2D eigenvalue weighted by molar-refractivity contribution is 9.10. The highest BCUT2D eigenvalue weighted by Gasteiger charge is 2.19. The van der Waals surface area contributed by atoms with Gasteiger partial charge in [0.15, 0.2) is 5.82 Å². The van der Waals surface area contributed by atoms with Gasteiger partial charge in [-0.05, 0) is 31.5 Å². The van der Waals surface area contributed by atoms with Crippen LogP contribution in [0.15, 0.2) is 58.0 Å². The van der Waals surface area contributed by atoms with Gasteiger partial charge < -0.3 is 5.11 Å². The van der Waals surface area contributed by atoms with Crippen LogP contribution >= 0.6 is 27.7 Å². The summed E-state index contributed by atoms with van der Waals surface area (Å²) in [5, 5.41) is 10.1. The lowest BCUT2D eigenvalue weighted by atomic mass is 10.2. The second kappa shape index (κ2) is 8.01. The third-order valence-electron chi connectivity index (χ3n) is 3.83. The van der Waals surface area contributed by atoms with Crippen LogP contribution in [0.4, 0.5) is 0 Å². The minimum atomic E-state index is -1.00. The van der Waals surface area contributed by atoms with Crippen LogP contribution < -0.4 is 0 Å². The average Bonchev–Trinajstić information content (AvgIpc) is 2.60. The fraction of sp³-hybridized carbons (Fsp3) is 0.150. The molecule has 1 heterocycles. The van der Waals surface area contributed by atoms with Crippen molar-refractivity contribution < 1.29 is 9.90 Å². The van der Waals surface area contributed by atoms with E-state index in [1.807, 2.05) is 49.4 Å². The van der Waals surface area contributed by atoms with Gasteiger partial charge in [-0.1, -0.05) is 57.9 Å². The maximum absolute atomic E-state index is 11.7. The first-order valence-electron chi connectivity index (χ1n) is 8.00. The summed E-state index contributed by atoms with van der Waals surface area (Å²) in [5.41, 5.74) is 3.80. The van der Waals surface area contributed by atoms with Crippen LogP contribution in [0.1, 0.15) is 27.2 Å². The summed E-state index contributed by atoms with van der Waals surface area (Å²) in [6.07, 6.45) is 0. The number of halogens is 1. The summed E-state index contributed by atoms with van der Waals surface area (Å²) in [4.78, 5) is 20.7. The fourth-order valence-electron chi connectivity index (χ4n) is 2.58. The van der Waals surface area contributed by atoms with E-state index in [1.54, 1.807) is 6.92 Å². The van der Waals surface area contributed by atoms with Gasteiger partial charge in [-0.25, -0.2) is 14.8 Å².